The number of aromatic nitrogens is 2. The van der Waals surface area contributed by atoms with E-state index in [1.807, 2.05) is 32.0 Å². The summed E-state index contributed by atoms with van der Waals surface area (Å²) < 4.78 is 0. The summed E-state index contributed by atoms with van der Waals surface area (Å²) in [6.07, 6.45) is 2.56. The zero-order chi connectivity index (χ0) is 13.1. The van der Waals surface area contributed by atoms with Crippen molar-refractivity contribution in [1.29, 1.82) is 0 Å². The van der Waals surface area contributed by atoms with Crippen LogP contribution in [0.1, 0.15) is 21.5 Å². The van der Waals surface area contributed by atoms with Gasteiger partial charge in [-0.3, -0.25) is 0 Å². The van der Waals surface area contributed by atoms with Crippen LogP contribution in [0, 0.1) is 13.8 Å². The lowest BCUT2D eigenvalue weighted by atomic mass is 10.1. The maximum absolute atomic E-state index is 10.7. The van der Waals surface area contributed by atoms with Crippen molar-refractivity contribution in [2.45, 2.75) is 13.8 Å². The van der Waals surface area contributed by atoms with Gasteiger partial charge in [0, 0.05) is 18.1 Å². The molecule has 18 heavy (non-hydrogen) atoms. The van der Waals surface area contributed by atoms with Crippen LogP contribution in [0.4, 0.5) is 11.6 Å². The van der Waals surface area contributed by atoms with E-state index in [9.17, 15) is 4.79 Å². The molecule has 2 N–H and O–H groups in total. The van der Waals surface area contributed by atoms with Gasteiger partial charge in [0.25, 0.3) is 0 Å². The van der Waals surface area contributed by atoms with Gasteiger partial charge in [0.2, 0.25) is 5.95 Å². The Morgan fingerprint density at radius 2 is 1.89 bits per heavy atom. The highest BCUT2D eigenvalue weighted by molar-refractivity contribution is 5.86. The van der Waals surface area contributed by atoms with Crippen LogP contribution in [-0.2, 0) is 0 Å². The fourth-order valence-corrected chi connectivity index (χ4v) is 1.58. The topological polar surface area (TPSA) is 75.1 Å². The Morgan fingerprint density at radius 3 is 2.44 bits per heavy atom. The fraction of sp³-hybridized carbons (Fsp3) is 0.154. The molecule has 0 spiro atoms. The zero-order valence-electron chi connectivity index (χ0n) is 10.1. The number of aryl methyl sites for hydroxylation is 2. The molecule has 5 heteroatoms. The third-order valence-electron chi connectivity index (χ3n) is 2.53. The van der Waals surface area contributed by atoms with Gasteiger partial charge in [-0.25, -0.2) is 14.8 Å². The number of anilines is 2. The monoisotopic (exact) mass is 243 g/mol. The molecular formula is C13H13N3O2. The van der Waals surface area contributed by atoms with E-state index in [0.717, 1.165) is 11.3 Å². The highest BCUT2D eigenvalue weighted by Gasteiger charge is 2.05. The van der Waals surface area contributed by atoms with Crippen molar-refractivity contribution in [3.8, 4) is 0 Å². The first-order valence-corrected chi connectivity index (χ1v) is 5.46. The van der Waals surface area contributed by atoms with Gasteiger partial charge in [-0.15, -0.1) is 0 Å². The Kier molecular flexibility index (Phi) is 3.23. The van der Waals surface area contributed by atoms with Gasteiger partial charge in [0.05, 0.1) is 5.56 Å². The number of carboxylic acid groups (broad SMARTS) is 1. The summed E-state index contributed by atoms with van der Waals surface area (Å²) in [7, 11) is 0. The summed E-state index contributed by atoms with van der Waals surface area (Å²) in [4.78, 5) is 18.6. The second-order valence-electron chi connectivity index (χ2n) is 4.04. The summed E-state index contributed by atoms with van der Waals surface area (Å²) in [5.41, 5.74) is 3.24. The minimum Gasteiger partial charge on any atom is -0.478 e. The lowest BCUT2D eigenvalue weighted by Crippen LogP contribution is -2.02. The minimum atomic E-state index is -1.03. The van der Waals surface area contributed by atoms with E-state index in [1.54, 1.807) is 0 Å². The van der Waals surface area contributed by atoms with Crippen molar-refractivity contribution < 1.29 is 9.90 Å². The van der Waals surface area contributed by atoms with Crippen molar-refractivity contribution >= 4 is 17.6 Å². The number of rotatable bonds is 3. The standard InChI is InChI=1S/C13H13N3O2/c1-8-3-4-11(9(2)5-8)16-13-14-6-10(7-15-13)12(17)18/h3-7H,1-2H3,(H,17,18)(H,14,15,16). The SMILES string of the molecule is Cc1ccc(Nc2ncc(C(=O)O)cn2)c(C)c1. The Bertz CT molecular complexity index is 579. The fourth-order valence-electron chi connectivity index (χ4n) is 1.58. The molecule has 5 nitrogen and oxygen atoms in total. The van der Waals surface area contributed by atoms with Crippen LogP contribution < -0.4 is 5.32 Å². The molecule has 1 aromatic carbocycles. The Balaban J connectivity index is 2.21. The number of hydrogen-bond acceptors (Lipinski definition) is 4. The van der Waals surface area contributed by atoms with Crippen molar-refractivity contribution in [1.82, 2.24) is 9.97 Å². The summed E-state index contributed by atoms with van der Waals surface area (Å²) in [6.45, 7) is 4.01. The number of carbonyl (C=O) groups is 1. The molecule has 0 amide bonds. The van der Waals surface area contributed by atoms with Crippen LogP contribution in [-0.4, -0.2) is 21.0 Å². The molecular weight excluding hydrogens is 230 g/mol. The van der Waals surface area contributed by atoms with Crippen molar-refractivity contribution in [2.75, 3.05) is 5.32 Å². The predicted octanol–water partition coefficient (Wildman–Crippen LogP) is 2.54. The number of aromatic carboxylic acids is 1. The number of hydrogen-bond donors (Lipinski definition) is 2. The number of nitrogens with one attached hydrogen (secondary N) is 1. The van der Waals surface area contributed by atoms with Crippen LogP contribution >= 0.6 is 0 Å². The molecule has 2 aromatic rings. The molecule has 1 aromatic heterocycles. The summed E-state index contributed by atoms with van der Waals surface area (Å²) >= 11 is 0. The molecule has 0 unspecified atom stereocenters. The van der Waals surface area contributed by atoms with Gasteiger partial charge in [-0.05, 0) is 25.5 Å². The van der Waals surface area contributed by atoms with Crippen molar-refractivity contribution in [3.63, 3.8) is 0 Å². The Hall–Kier alpha value is -2.43. The summed E-state index contributed by atoms with van der Waals surface area (Å²) in [6, 6.07) is 5.98. The van der Waals surface area contributed by atoms with E-state index in [4.69, 9.17) is 5.11 Å². The van der Waals surface area contributed by atoms with Gasteiger partial charge >= 0.3 is 5.97 Å². The average Bonchev–Trinajstić information content (AvgIpc) is 2.33. The van der Waals surface area contributed by atoms with Gasteiger partial charge in [0.15, 0.2) is 0 Å². The summed E-state index contributed by atoms with van der Waals surface area (Å²) in [5.74, 6) is -0.653. The smallest absolute Gasteiger partial charge is 0.338 e. The van der Waals surface area contributed by atoms with Crippen molar-refractivity contribution in [3.05, 3.63) is 47.3 Å². The number of benzene rings is 1. The molecule has 0 saturated heterocycles. The third-order valence-corrected chi connectivity index (χ3v) is 2.53. The quantitative estimate of drug-likeness (QED) is 0.866. The van der Waals surface area contributed by atoms with E-state index in [2.05, 4.69) is 15.3 Å². The van der Waals surface area contributed by atoms with E-state index < -0.39 is 5.97 Å². The molecule has 0 aliphatic carbocycles. The number of nitrogens with zero attached hydrogens (tertiary/aromatic N) is 2. The van der Waals surface area contributed by atoms with E-state index in [0.29, 0.717) is 5.95 Å². The van der Waals surface area contributed by atoms with Crippen LogP contribution in [0.3, 0.4) is 0 Å². The summed E-state index contributed by atoms with van der Waals surface area (Å²) in [5, 5.41) is 11.8. The maximum Gasteiger partial charge on any atom is 0.338 e. The van der Waals surface area contributed by atoms with Gasteiger partial charge in [-0.1, -0.05) is 17.7 Å². The first-order valence-electron chi connectivity index (χ1n) is 5.46. The minimum absolute atomic E-state index is 0.0705. The van der Waals surface area contributed by atoms with E-state index in [-0.39, 0.29) is 5.56 Å². The molecule has 2 rings (SSSR count). The molecule has 0 bridgehead atoms. The Morgan fingerprint density at radius 1 is 1.22 bits per heavy atom. The second-order valence-corrected chi connectivity index (χ2v) is 4.04. The van der Waals surface area contributed by atoms with E-state index >= 15 is 0 Å². The number of carboxylic acids is 1. The van der Waals surface area contributed by atoms with Crippen molar-refractivity contribution in [2.24, 2.45) is 0 Å². The average molecular weight is 243 g/mol. The van der Waals surface area contributed by atoms with Crippen LogP contribution in [0.15, 0.2) is 30.6 Å². The first-order chi connectivity index (χ1) is 8.56. The van der Waals surface area contributed by atoms with Crippen LogP contribution in [0.2, 0.25) is 0 Å². The Labute approximate surface area is 105 Å². The third kappa shape index (κ3) is 2.63. The molecule has 0 fully saturated rings. The molecule has 0 radical (unpaired) electrons. The van der Waals surface area contributed by atoms with E-state index in [1.165, 1.54) is 18.0 Å². The van der Waals surface area contributed by atoms with Gasteiger partial charge in [-0.2, -0.15) is 0 Å². The van der Waals surface area contributed by atoms with Crippen LogP contribution in [0.5, 0.6) is 0 Å². The normalized spacial score (nSPS) is 10.1. The van der Waals surface area contributed by atoms with Crippen LogP contribution in [0.25, 0.3) is 0 Å². The highest BCUT2D eigenvalue weighted by Crippen LogP contribution is 2.19. The zero-order valence-corrected chi connectivity index (χ0v) is 10.1. The largest absolute Gasteiger partial charge is 0.478 e. The first kappa shape index (κ1) is 12.0. The molecule has 92 valence electrons. The molecule has 0 aliphatic rings. The predicted molar refractivity (Wildman–Crippen MR) is 68.2 cm³/mol. The maximum atomic E-state index is 10.7. The molecule has 1 heterocycles. The molecule has 0 saturated carbocycles. The second kappa shape index (κ2) is 4.83. The highest BCUT2D eigenvalue weighted by atomic mass is 16.4. The van der Waals surface area contributed by atoms with Gasteiger partial charge in [0.1, 0.15) is 0 Å². The lowest BCUT2D eigenvalue weighted by molar-refractivity contribution is 0.0696. The molecule has 0 atom stereocenters. The molecule has 0 aliphatic heterocycles. The van der Waals surface area contributed by atoms with Gasteiger partial charge < -0.3 is 10.4 Å². The lowest BCUT2D eigenvalue weighted by Gasteiger charge is -2.08.